The van der Waals surface area contributed by atoms with Crippen molar-refractivity contribution < 1.29 is 9.53 Å². The molecule has 2 rings (SSSR count). The topological polar surface area (TPSA) is 51.2 Å². The lowest BCUT2D eigenvalue weighted by Gasteiger charge is -2.16. The molecule has 22 heavy (non-hydrogen) atoms. The highest BCUT2D eigenvalue weighted by molar-refractivity contribution is 6.43. The van der Waals surface area contributed by atoms with Crippen LogP contribution in [0.5, 0.6) is 5.75 Å². The summed E-state index contributed by atoms with van der Waals surface area (Å²) >= 11 is 23.5. The van der Waals surface area contributed by atoms with Crippen LogP contribution in [0.3, 0.4) is 0 Å². The minimum atomic E-state index is -0.813. The molecule has 0 saturated heterocycles. The Hall–Kier alpha value is -1.20. The van der Waals surface area contributed by atoms with Crippen LogP contribution in [0.25, 0.3) is 0 Å². The molecule has 1 amide bonds. The number of aromatic nitrogens is 1. The normalized spacial score (nSPS) is 11.9. The molecule has 0 bridgehead atoms. The zero-order valence-electron chi connectivity index (χ0n) is 11.2. The number of hydrogen-bond donors (Lipinski definition) is 1. The van der Waals surface area contributed by atoms with Crippen molar-refractivity contribution in [1.82, 2.24) is 4.98 Å². The number of carbonyl (C=O) groups excluding carboxylic acids is 1. The van der Waals surface area contributed by atoms with E-state index in [1.54, 1.807) is 19.1 Å². The first kappa shape index (κ1) is 17.2. The molecular formula is C14H10Cl4N2O2. The van der Waals surface area contributed by atoms with E-state index in [1.165, 1.54) is 18.3 Å². The summed E-state index contributed by atoms with van der Waals surface area (Å²) in [5, 5.41) is 3.93. The van der Waals surface area contributed by atoms with Crippen LogP contribution >= 0.6 is 46.4 Å². The summed E-state index contributed by atoms with van der Waals surface area (Å²) in [5.74, 6) is 0.241. The highest BCUT2D eigenvalue weighted by Gasteiger charge is 2.18. The van der Waals surface area contributed by atoms with Crippen molar-refractivity contribution in [3.63, 3.8) is 0 Å². The van der Waals surface area contributed by atoms with Crippen LogP contribution in [-0.2, 0) is 4.79 Å². The molecule has 0 radical (unpaired) electrons. The van der Waals surface area contributed by atoms with Gasteiger partial charge in [-0.05, 0) is 25.1 Å². The number of nitrogens with zero attached hydrogens (tertiary/aromatic N) is 1. The molecule has 1 aromatic heterocycles. The van der Waals surface area contributed by atoms with Gasteiger partial charge in [-0.15, -0.1) is 0 Å². The molecule has 0 aliphatic rings. The first-order chi connectivity index (χ1) is 10.4. The van der Waals surface area contributed by atoms with E-state index in [4.69, 9.17) is 51.1 Å². The molecule has 1 atom stereocenters. The number of pyridine rings is 1. The van der Waals surface area contributed by atoms with Gasteiger partial charge >= 0.3 is 0 Å². The van der Waals surface area contributed by atoms with Crippen LogP contribution < -0.4 is 10.1 Å². The maximum Gasteiger partial charge on any atom is 0.266 e. The van der Waals surface area contributed by atoms with Crippen molar-refractivity contribution in [1.29, 1.82) is 0 Å². The van der Waals surface area contributed by atoms with Crippen LogP contribution in [0.2, 0.25) is 20.1 Å². The Morgan fingerprint density at radius 3 is 2.45 bits per heavy atom. The van der Waals surface area contributed by atoms with Gasteiger partial charge in [0.2, 0.25) is 0 Å². The second kappa shape index (κ2) is 7.38. The minimum Gasteiger partial charge on any atom is -0.479 e. The molecule has 0 unspecified atom stereocenters. The number of amides is 1. The second-order valence-corrected chi connectivity index (χ2v) is 5.97. The quantitative estimate of drug-likeness (QED) is 0.751. The van der Waals surface area contributed by atoms with Crippen molar-refractivity contribution >= 4 is 58.1 Å². The Bertz CT molecular complexity index is 692. The molecule has 0 aliphatic heterocycles. The largest absolute Gasteiger partial charge is 0.479 e. The number of hydrogen-bond acceptors (Lipinski definition) is 3. The average molecular weight is 380 g/mol. The summed E-state index contributed by atoms with van der Waals surface area (Å²) in [6.45, 7) is 1.57. The lowest BCUT2D eigenvalue weighted by molar-refractivity contribution is -0.122. The third-order valence-electron chi connectivity index (χ3n) is 2.63. The third kappa shape index (κ3) is 4.40. The average Bonchev–Trinajstić information content (AvgIpc) is 2.47. The number of anilines is 1. The fourth-order valence-corrected chi connectivity index (χ4v) is 2.21. The van der Waals surface area contributed by atoms with Crippen LogP contribution in [0, 0.1) is 0 Å². The molecule has 1 heterocycles. The Balaban J connectivity index is 2.05. The van der Waals surface area contributed by atoms with Gasteiger partial charge in [0.25, 0.3) is 5.91 Å². The molecule has 4 nitrogen and oxygen atoms in total. The minimum absolute atomic E-state index is 0.263. The standard InChI is InChI=1S/C14H10Cl4N2O2/c1-7(14(21)20-13-3-2-8(15)6-19-13)22-12-5-10(17)9(16)4-11(12)18/h2-7H,1H3,(H,19,20,21)/t7-/m1/s1. The maximum atomic E-state index is 12.1. The van der Waals surface area contributed by atoms with E-state index in [1.807, 2.05) is 0 Å². The molecule has 0 fully saturated rings. The molecule has 2 aromatic rings. The van der Waals surface area contributed by atoms with Crippen LogP contribution in [0.4, 0.5) is 5.82 Å². The first-order valence-corrected chi connectivity index (χ1v) is 7.61. The maximum absolute atomic E-state index is 12.1. The van der Waals surface area contributed by atoms with E-state index in [0.29, 0.717) is 15.9 Å². The van der Waals surface area contributed by atoms with Crippen molar-refractivity contribution in [2.45, 2.75) is 13.0 Å². The van der Waals surface area contributed by atoms with E-state index < -0.39 is 12.0 Å². The number of rotatable bonds is 4. The summed E-state index contributed by atoms with van der Waals surface area (Å²) in [6, 6.07) is 6.10. The zero-order chi connectivity index (χ0) is 16.3. The van der Waals surface area contributed by atoms with Crippen LogP contribution in [0.1, 0.15) is 6.92 Å². The van der Waals surface area contributed by atoms with Gasteiger partial charge in [0.05, 0.1) is 20.1 Å². The van der Waals surface area contributed by atoms with Crippen molar-refractivity contribution in [2.24, 2.45) is 0 Å². The number of carbonyl (C=O) groups is 1. The predicted molar refractivity (Wildman–Crippen MR) is 89.4 cm³/mol. The Kier molecular flexibility index (Phi) is 5.75. The van der Waals surface area contributed by atoms with Gasteiger partial charge in [0.15, 0.2) is 6.10 Å². The Labute approximate surface area is 147 Å². The second-order valence-electron chi connectivity index (χ2n) is 4.31. The van der Waals surface area contributed by atoms with E-state index in [9.17, 15) is 4.79 Å². The molecule has 0 spiro atoms. The van der Waals surface area contributed by atoms with Crippen LogP contribution in [-0.4, -0.2) is 17.0 Å². The monoisotopic (exact) mass is 378 g/mol. The van der Waals surface area contributed by atoms with Gasteiger partial charge in [-0.2, -0.15) is 0 Å². The number of benzene rings is 1. The Morgan fingerprint density at radius 2 is 1.82 bits per heavy atom. The summed E-state index contributed by atoms with van der Waals surface area (Å²) in [5.41, 5.74) is 0. The summed E-state index contributed by atoms with van der Waals surface area (Å²) < 4.78 is 5.50. The molecule has 8 heteroatoms. The smallest absolute Gasteiger partial charge is 0.266 e. The highest BCUT2D eigenvalue weighted by Crippen LogP contribution is 2.34. The lowest BCUT2D eigenvalue weighted by Crippen LogP contribution is -2.30. The number of ether oxygens (including phenoxy) is 1. The van der Waals surface area contributed by atoms with E-state index in [0.717, 1.165) is 0 Å². The molecular weight excluding hydrogens is 370 g/mol. The SMILES string of the molecule is C[C@@H](Oc1cc(Cl)c(Cl)cc1Cl)C(=O)Nc1ccc(Cl)cn1. The van der Waals surface area contributed by atoms with E-state index in [2.05, 4.69) is 10.3 Å². The van der Waals surface area contributed by atoms with Gasteiger partial charge < -0.3 is 10.1 Å². The number of nitrogens with one attached hydrogen (secondary N) is 1. The molecule has 0 saturated carbocycles. The molecule has 0 aliphatic carbocycles. The zero-order valence-corrected chi connectivity index (χ0v) is 14.3. The fourth-order valence-electron chi connectivity index (χ4n) is 1.52. The molecule has 1 aromatic carbocycles. The van der Waals surface area contributed by atoms with E-state index in [-0.39, 0.29) is 15.8 Å². The van der Waals surface area contributed by atoms with Gasteiger partial charge in [0, 0.05) is 12.3 Å². The summed E-state index contributed by atoms with van der Waals surface area (Å²) in [7, 11) is 0. The van der Waals surface area contributed by atoms with E-state index >= 15 is 0 Å². The van der Waals surface area contributed by atoms with Gasteiger partial charge in [0.1, 0.15) is 11.6 Å². The summed E-state index contributed by atoms with van der Waals surface area (Å²) in [6.07, 6.45) is 0.616. The molecule has 116 valence electrons. The van der Waals surface area contributed by atoms with Crippen LogP contribution in [0.15, 0.2) is 30.5 Å². The first-order valence-electron chi connectivity index (χ1n) is 6.10. The summed E-state index contributed by atoms with van der Waals surface area (Å²) in [4.78, 5) is 16.0. The van der Waals surface area contributed by atoms with Crippen molar-refractivity contribution in [3.05, 3.63) is 50.6 Å². The van der Waals surface area contributed by atoms with Gasteiger partial charge in [-0.3, -0.25) is 4.79 Å². The van der Waals surface area contributed by atoms with Gasteiger partial charge in [-0.25, -0.2) is 4.98 Å². The van der Waals surface area contributed by atoms with Crippen molar-refractivity contribution in [2.75, 3.05) is 5.32 Å². The highest BCUT2D eigenvalue weighted by atomic mass is 35.5. The van der Waals surface area contributed by atoms with Gasteiger partial charge in [-0.1, -0.05) is 46.4 Å². The molecule has 1 N–H and O–H groups in total. The third-order valence-corrected chi connectivity index (χ3v) is 3.87. The lowest BCUT2D eigenvalue weighted by atomic mass is 10.3. The Morgan fingerprint density at radius 1 is 1.14 bits per heavy atom. The fraction of sp³-hybridized carbons (Fsp3) is 0.143. The number of halogens is 4. The van der Waals surface area contributed by atoms with Crippen molar-refractivity contribution in [3.8, 4) is 5.75 Å². The predicted octanol–water partition coefficient (Wildman–Crippen LogP) is 5.10.